The number of aryl methyl sites for hydroxylation is 1. The molecule has 0 aliphatic rings. The summed E-state index contributed by atoms with van der Waals surface area (Å²) in [5.74, 6) is -1.19. The SMILES string of the molecule is Cc1cc(Cl)ccc1N(CC(=O)Nc1cccc(C(N)=O)c1)S(C)(=O)=O. The van der Waals surface area contributed by atoms with Gasteiger partial charge in [-0.3, -0.25) is 13.9 Å². The quantitative estimate of drug-likeness (QED) is 0.780. The van der Waals surface area contributed by atoms with Crippen LogP contribution in [-0.2, 0) is 14.8 Å². The minimum absolute atomic E-state index is 0.233. The third-order valence-corrected chi connectivity index (χ3v) is 4.91. The number of hydrogen-bond donors (Lipinski definition) is 2. The summed E-state index contributed by atoms with van der Waals surface area (Å²) in [6, 6.07) is 10.8. The van der Waals surface area contributed by atoms with Crippen LogP contribution in [0.25, 0.3) is 0 Å². The topological polar surface area (TPSA) is 110 Å². The lowest BCUT2D eigenvalue weighted by atomic mass is 10.2. The number of sulfonamides is 1. The minimum atomic E-state index is -3.71. The number of halogens is 1. The monoisotopic (exact) mass is 395 g/mol. The summed E-state index contributed by atoms with van der Waals surface area (Å²) in [6.45, 7) is 1.27. The number of carbonyl (C=O) groups is 2. The molecule has 2 aromatic carbocycles. The van der Waals surface area contributed by atoms with Crippen molar-refractivity contribution in [3.8, 4) is 0 Å². The highest BCUT2D eigenvalue weighted by atomic mass is 35.5. The summed E-state index contributed by atoms with van der Waals surface area (Å²) in [5.41, 5.74) is 6.76. The molecule has 0 aliphatic carbocycles. The van der Waals surface area contributed by atoms with E-state index in [4.69, 9.17) is 17.3 Å². The van der Waals surface area contributed by atoms with Crippen molar-refractivity contribution in [1.82, 2.24) is 0 Å². The number of amides is 2. The maximum absolute atomic E-state index is 12.3. The molecule has 9 heteroatoms. The minimum Gasteiger partial charge on any atom is -0.366 e. The summed E-state index contributed by atoms with van der Waals surface area (Å²) in [5, 5.41) is 3.03. The molecule has 0 bridgehead atoms. The molecule has 0 aromatic heterocycles. The van der Waals surface area contributed by atoms with Crippen molar-refractivity contribution in [2.24, 2.45) is 5.73 Å². The van der Waals surface area contributed by atoms with Crippen LogP contribution in [0.4, 0.5) is 11.4 Å². The molecule has 26 heavy (non-hydrogen) atoms. The first kappa shape index (κ1) is 19.7. The van der Waals surface area contributed by atoms with E-state index in [1.807, 2.05) is 0 Å². The van der Waals surface area contributed by atoms with Gasteiger partial charge in [0.15, 0.2) is 0 Å². The van der Waals surface area contributed by atoms with Crippen LogP contribution >= 0.6 is 11.6 Å². The first-order valence-electron chi connectivity index (χ1n) is 7.51. The van der Waals surface area contributed by atoms with Crippen molar-refractivity contribution < 1.29 is 18.0 Å². The van der Waals surface area contributed by atoms with Crippen LogP contribution in [0.3, 0.4) is 0 Å². The third-order valence-electron chi connectivity index (χ3n) is 3.55. The Kier molecular flexibility index (Phi) is 5.89. The molecular formula is C17H18ClN3O4S. The molecule has 0 fully saturated rings. The van der Waals surface area contributed by atoms with E-state index >= 15 is 0 Å². The van der Waals surface area contributed by atoms with E-state index < -0.39 is 28.4 Å². The molecule has 0 heterocycles. The van der Waals surface area contributed by atoms with Gasteiger partial charge in [-0.15, -0.1) is 0 Å². The van der Waals surface area contributed by atoms with E-state index in [-0.39, 0.29) is 5.56 Å². The fraction of sp³-hybridized carbons (Fsp3) is 0.176. The maximum Gasteiger partial charge on any atom is 0.248 e. The van der Waals surface area contributed by atoms with Crippen molar-refractivity contribution in [2.75, 3.05) is 22.4 Å². The molecule has 7 nitrogen and oxygen atoms in total. The highest BCUT2D eigenvalue weighted by Crippen LogP contribution is 2.25. The largest absolute Gasteiger partial charge is 0.366 e. The van der Waals surface area contributed by atoms with Gasteiger partial charge in [0.1, 0.15) is 6.54 Å². The Morgan fingerprint density at radius 2 is 1.88 bits per heavy atom. The number of nitrogens with zero attached hydrogens (tertiary/aromatic N) is 1. The van der Waals surface area contributed by atoms with Crippen LogP contribution < -0.4 is 15.4 Å². The molecule has 0 saturated heterocycles. The van der Waals surface area contributed by atoms with E-state index in [2.05, 4.69) is 5.32 Å². The lowest BCUT2D eigenvalue weighted by Gasteiger charge is -2.23. The lowest BCUT2D eigenvalue weighted by molar-refractivity contribution is -0.114. The van der Waals surface area contributed by atoms with Gasteiger partial charge in [0.2, 0.25) is 21.8 Å². The number of nitrogens with one attached hydrogen (secondary N) is 1. The molecule has 0 unspecified atom stereocenters. The molecule has 2 rings (SSSR count). The van der Waals surface area contributed by atoms with Gasteiger partial charge in [-0.2, -0.15) is 0 Å². The Bertz CT molecular complexity index is 960. The van der Waals surface area contributed by atoms with E-state index in [0.717, 1.165) is 10.6 Å². The predicted octanol–water partition coefficient (Wildman–Crippen LogP) is 2.15. The highest BCUT2D eigenvalue weighted by molar-refractivity contribution is 7.92. The fourth-order valence-corrected chi connectivity index (χ4v) is 3.50. The zero-order valence-electron chi connectivity index (χ0n) is 14.2. The second kappa shape index (κ2) is 7.76. The summed E-state index contributed by atoms with van der Waals surface area (Å²) in [4.78, 5) is 23.6. The van der Waals surface area contributed by atoms with Crippen LogP contribution in [0.15, 0.2) is 42.5 Å². The maximum atomic E-state index is 12.3. The molecule has 0 atom stereocenters. The Morgan fingerprint density at radius 1 is 1.19 bits per heavy atom. The summed E-state index contributed by atoms with van der Waals surface area (Å²) >= 11 is 5.90. The Hall–Kier alpha value is -2.58. The van der Waals surface area contributed by atoms with Gasteiger partial charge in [-0.05, 0) is 48.9 Å². The van der Waals surface area contributed by atoms with Crippen molar-refractivity contribution in [3.05, 3.63) is 58.6 Å². The average Bonchev–Trinajstić information content (AvgIpc) is 2.52. The van der Waals surface area contributed by atoms with Gasteiger partial charge < -0.3 is 11.1 Å². The number of carbonyl (C=O) groups excluding carboxylic acids is 2. The standard InChI is InChI=1S/C17H18ClN3O4S/c1-11-8-13(18)6-7-15(11)21(26(2,24)25)10-16(22)20-14-5-3-4-12(9-14)17(19)23/h3-9H,10H2,1-2H3,(H2,19,23)(H,20,22). The van der Waals surface area contributed by atoms with Crippen LogP contribution in [0.2, 0.25) is 5.02 Å². The van der Waals surface area contributed by atoms with E-state index in [1.165, 1.54) is 12.1 Å². The number of hydrogen-bond acceptors (Lipinski definition) is 4. The summed E-state index contributed by atoms with van der Waals surface area (Å²) < 4.78 is 25.3. The van der Waals surface area contributed by atoms with Gasteiger partial charge >= 0.3 is 0 Å². The number of anilines is 2. The van der Waals surface area contributed by atoms with Crippen molar-refractivity contribution >= 4 is 44.8 Å². The van der Waals surface area contributed by atoms with Gasteiger partial charge in [-0.1, -0.05) is 17.7 Å². The molecule has 0 radical (unpaired) electrons. The molecule has 0 aliphatic heterocycles. The molecular weight excluding hydrogens is 378 g/mol. The van der Waals surface area contributed by atoms with Gasteiger partial charge in [0.25, 0.3) is 0 Å². The zero-order chi connectivity index (χ0) is 19.5. The van der Waals surface area contributed by atoms with Crippen molar-refractivity contribution in [3.63, 3.8) is 0 Å². The van der Waals surface area contributed by atoms with E-state index in [1.54, 1.807) is 37.3 Å². The molecule has 0 saturated carbocycles. The van der Waals surface area contributed by atoms with Gasteiger partial charge in [-0.25, -0.2) is 8.42 Å². The molecule has 3 N–H and O–H groups in total. The lowest BCUT2D eigenvalue weighted by Crippen LogP contribution is -2.37. The van der Waals surface area contributed by atoms with Gasteiger partial charge in [0, 0.05) is 16.3 Å². The second-order valence-electron chi connectivity index (χ2n) is 5.69. The predicted molar refractivity (Wildman–Crippen MR) is 102 cm³/mol. The Morgan fingerprint density at radius 3 is 2.46 bits per heavy atom. The number of benzene rings is 2. The fourth-order valence-electron chi connectivity index (χ4n) is 2.36. The molecule has 138 valence electrons. The van der Waals surface area contributed by atoms with Crippen LogP contribution in [0, 0.1) is 6.92 Å². The Labute approximate surface area is 156 Å². The van der Waals surface area contributed by atoms with E-state index in [9.17, 15) is 18.0 Å². The average molecular weight is 396 g/mol. The van der Waals surface area contributed by atoms with Crippen LogP contribution in [0.1, 0.15) is 15.9 Å². The molecule has 2 aromatic rings. The highest BCUT2D eigenvalue weighted by Gasteiger charge is 2.22. The molecule has 2 amide bonds. The number of rotatable bonds is 6. The smallest absolute Gasteiger partial charge is 0.248 e. The molecule has 0 spiro atoms. The van der Waals surface area contributed by atoms with E-state index in [0.29, 0.717) is 22.0 Å². The van der Waals surface area contributed by atoms with Crippen LogP contribution in [-0.4, -0.2) is 33.0 Å². The normalized spacial score (nSPS) is 11.0. The first-order chi connectivity index (χ1) is 12.1. The third kappa shape index (κ3) is 4.96. The van der Waals surface area contributed by atoms with Crippen LogP contribution in [0.5, 0.6) is 0 Å². The van der Waals surface area contributed by atoms with Gasteiger partial charge in [0.05, 0.1) is 11.9 Å². The van der Waals surface area contributed by atoms with Crippen molar-refractivity contribution in [1.29, 1.82) is 0 Å². The Balaban J connectivity index is 2.25. The number of nitrogens with two attached hydrogens (primary N) is 1. The summed E-state index contributed by atoms with van der Waals surface area (Å²) in [7, 11) is -3.71. The summed E-state index contributed by atoms with van der Waals surface area (Å²) in [6.07, 6.45) is 1.02. The van der Waals surface area contributed by atoms with Crippen molar-refractivity contribution in [2.45, 2.75) is 6.92 Å². The number of primary amides is 1. The zero-order valence-corrected chi connectivity index (χ0v) is 15.8. The first-order valence-corrected chi connectivity index (χ1v) is 9.74. The second-order valence-corrected chi connectivity index (χ2v) is 8.04.